The Hall–Kier alpha value is -3.03. The van der Waals surface area contributed by atoms with Crippen molar-refractivity contribution in [1.29, 1.82) is 0 Å². The minimum absolute atomic E-state index is 0.143. The van der Waals surface area contributed by atoms with Gasteiger partial charge in [-0.1, -0.05) is 43.3 Å². The van der Waals surface area contributed by atoms with Gasteiger partial charge in [0.05, 0.1) is 18.3 Å². The van der Waals surface area contributed by atoms with Crippen LogP contribution in [0, 0.1) is 6.92 Å². The Kier molecular flexibility index (Phi) is 5.42. The predicted octanol–water partition coefficient (Wildman–Crippen LogP) is 2.62. The summed E-state index contributed by atoms with van der Waals surface area (Å²) < 4.78 is 3.69. The highest BCUT2D eigenvalue weighted by molar-refractivity contribution is 5.93. The van der Waals surface area contributed by atoms with E-state index in [1.165, 1.54) is 5.56 Å². The van der Waals surface area contributed by atoms with E-state index in [1.807, 2.05) is 18.5 Å². The van der Waals surface area contributed by atoms with Crippen molar-refractivity contribution < 1.29 is 4.79 Å². The van der Waals surface area contributed by atoms with Crippen LogP contribution in [0.2, 0.25) is 0 Å². The molecule has 0 bridgehead atoms. The van der Waals surface area contributed by atoms with E-state index in [1.54, 1.807) is 4.68 Å². The van der Waals surface area contributed by atoms with Crippen molar-refractivity contribution in [3.63, 3.8) is 0 Å². The average Bonchev–Trinajstić information content (AvgIpc) is 3.33. The molecule has 4 rings (SSSR count). The fourth-order valence-electron chi connectivity index (χ4n) is 3.69. The third-order valence-electron chi connectivity index (χ3n) is 5.50. The molecule has 0 spiro atoms. The van der Waals surface area contributed by atoms with Crippen molar-refractivity contribution in [3.05, 3.63) is 58.4 Å². The molecule has 8 heteroatoms. The number of benzene rings is 1. The number of carbonyl (C=O) groups is 1. The van der Waals surface area contributed by atoms with Gasteiger partial charge in [0.1, 0.15) is 5.82 Å². The summed E-state index contributed by atoms with van der Waals surface area (Å²) >= 11 is 0. The van der Waals surface area contributed by atoms with Gasteiger partial charge in [0.2, 0.25) is 0 Å². The third kappa shape index (κ3) is 3.92. The number of aromatic nitrogens is 6. The minimum atomic E-state index is -0.213. The first-order valence-corrected chi connectivity index (χ1v) is 10.3. The summed E-state index contributed by atoms with van der Waals surface area (Å²) in [6.07, 6.45) is 3.61. The molecule has 0 saturated carbocycles. The number of aryl methyl sites for hydroxylation is 3. The maximum absolute atomic E-state index is 12.9. The number of hydrogen-bond acceptors (Lipinski definition) is 5. The first-order valence-electron chi connectivity index (χ1n) is 10.3. The van der Waals surface area contributed by atoms with Crippen LogP contribution in [0.3, 0.4) is 0 Å². The second-order valence-corrected chi connectivity index (χ2v) is 7.48. The summed E-state index contributed by atoms with van der Waals surface area (Å²) in [6.45, 7) is 7.49. The second-order valence-electron chi connectivity index (χ2n) is 7.48. The minimum Gasteiger partial charge on any atom is -0.341 e. The van der Waals surface area contributed by atoms with Gasteiger partial charge in [-0.3, -0.25) is 4.79 Å². The molecular weight excluding hydrogens is 366 g/mol. The highest BCUT2D eigenvalue weighted by atomic mass is 16.2. The molecule has 1 aliphatic rings. The van der Waals surface area contributed by atoms with Crippen molar-refractivity contribution in [3.8, 4) is 0 Å². The van der Waals surface area contributed by atoms with Gasteiger partial charge in [-0.25, -0.2) is 14.3 Å². The van der Waals surface area contributed by atoms with E-state index < -0.39 is 0 Å². The van der Waals surface area contributed by atoms with Crippen LogP contribution in [0.4, 0.5) is 0 Å². The highest BCUT2D eigenvalue weighted by Crippen LogP contribution is 2.24. The first kappa shape index (κ1) is 19.3. The van der Waals surface area contributed by atoms with Crippen LogP contribution in [0.25, 0.3) is 0 Å². The monoisotopic (exact) mass is 393 g/mol. The summed E-state index contributed by atoms with van der Waals surface area (Å²) in [5.41, 5.74) is 3.56. The SMILES string of the molecule is CCc1ccc(Cn2nnc(C(=O)N[C@@H]3CCCn4nc(CC)nc43)c2C)cc1. The molecule has 1 aliphatic heterocycles. The Morgan fingerprint density at radius 2 is 1.93 bits per heavy atom. The molecule has 29 heavy (non-hydrogen) atoms. The van der Waals surface area contributed by atoms with Gasteiger partial charge in [-0.05, 0) is 37.3 Å². The normalized spacial score (nSPS) is 15.9. The number of nitrogens with zero attached hydrogens (tertiary/aromatic N) is 6. The van der Waals surface area contributed by atoms with E-state index in [0.717, 1.165) is 55.1 Å². The first-order chi connectivity index (χ1) is 14.1. The number of rotatable bonds is 6. The van der Waals surface area contributed by atoms with E-state index in [0.29, 0.717) is 12.2 Å². The van der Waals surface area contributed by atoms with Gasteiger partial charge < -0.3 is 5.32 Å². The van der Waals surface area contributed by atoms with Crippen molar-refractivity contribution in [2.24, 2.45) is 0 Å². The molecule has 0 aliphatic carbocycles. The Balaban J connectivity index is 1.48. The standard InChI is InChI=1S/C21H27N7O/c1-4-15-8-10-16(11-9-15)13-28-14(3)19(24-26-28)21(29)22-17-7-6-12-27-20(17)23-18(5-2)25-27/h8-11,17H,4-7,12-13H2,1-3H3,(H,22,29)/t17-/m1/s1. The van der Waals surface area contributed by atoms with Gasteiger partial charge in [0, 0.05) is 13.0 Å². The van der Waals surface area contributed by atoms with E-state index >= 15 is 0 Å². The summed E-state index contributed by atoms with van der Waals surface area (Å²) in [6, 6.07) is 8.30. The molecule has 1 aromatic carbocycles. The largest absolute Gasteiger partial charge is 0.341 e. The van der Waals surface area contributed by atoms with E-state index in [-0.39, 0.29) is 11.9 Å². The topological polar surface area (TPSA) is 90.5 Å². The maximum atomic E-state index is 12.9. The summed E-state index contributed by atoms with van der Waals surface area (Å²) in [4.78, 5) is 17.5. The lowest BCUT2D eigenvalue weighted by molar-refractivity contribution is 0.0921. The average molecular weight is 393 g/mol. The molecule has 0 fully saturated rings. The molecule has 1 amide bonds. The van der Waals surface area contributed by atoms with Crippen molar-refractivity contribution >= 4 is 5.91 Å². The lowest BCUT2D eigenvalue weighted by Crippen LogP contribution is -2.33. The van der Waals surface area contributed by atoms with Crippen LogP contribution in [-0.4, -0.2) is 35.7 Å². The Labute approximate surface area is 170 Å². The van der Waals surface area contributed by atoms with Crippen LogP contribution in [0.1, 0.15) is 71.7 Å². The molecule has 1 N–H and O–H groups in total. The molecule has 1 atom stereocenters. The Bertz CT molecular complexity index is 1000. The lowest BCUT2D eigenvalue weighted by atomic mass is 10.1. The van der Waals surface area contributed by atoms with Crippen LogP contribution < -0.4 is 5.32 Å². The lowest BCUT2D eigenvalue weighted by Gasteiger charge is -2.22. The highest BCUT2D eigenvalue weighted by Gasteiger charge is 2.27. The van der Waals surface area contributed by atoms with Crippen molar-refractivity contribution in [1.82, 2.24) is 35.1 Å². The molecule has 152 valence electrons. The van der Waals surface area contributed by atoms with Gasteiger partial charge >= 0.3 is 0 Å². The van der Waals surface area contributed by atoms with Gasteiger partial charge in [-0.15, -0.1) is 5.10 Å². The zero-order valence-corrected chi connectivity index (χ0v) is 17.2. The zero-order chi connectivity index (χ0) is 20.4. The molecule has 8 nitrogen and oxygen atoms in total. The van der Waals surface area contributed by atoms with Crippen molar-refractivity contribution in [2.45, 2.75) is 65.6 Å². The molecule has 0 radical (unpaired) electrons. The molecule has 0 saturated heterocycles. The zero-order valence-electron chi connectivity index (χ0n) is 17.2. The molecule has 0 unspecified atom stereocenters. The Morgan fingerprint density at radius 3 is 2.66 bits per heavy atom. The summed E-state index contributed by atoms with van der Waals surface area (Å²) in [5.74, 6) is 1.44. The predicted molar refractivity (Wildman–Crippen MR) is 109 cm³/mol. The maximum Gasteiger partial charge on any atom is 0.274 e. The quantitative estimate of drug-likeness (QED) is 0.695. The smallest absolute Gasteiger partial charge is 0.274 e. The second kappa shape index (κ2) is 8.14. The van der Waals surface area contributed by atoms with E-state index in [9.17, 15) is 4.79 Å². The van der Waals surface area contributed by atoms with E-state index in [2.05, 4.69) is 56.9 Å². The number of amides is 1. The fraction of sp³-hybridized carbons (Fsp3) is 0.476. The Morgan fingerprint density at radius 1 is 1.17 bits per heavy atom. The van der Waals surface area contributed by atoms with Gasteiger partial charge in [0.25, 0.3) is 5.91 Å². The number of fused-ring (bicyclic) bond motifs is 1. The molecule has 3 aromatic rings. The molecule has 3 heterocycles. The molecule has 2 aromatic heterocycles. The number of nitrogens with one attached hydrogen (secondary N) is 1. The van der Waals surface area contributed by atoms with Gasteiger partial charge in [-0.2, -0.15) is 5.10 Å². The van der Waals surface area contributed by atoms with Crippen LogP contribution in [0.5, 0.6) is 0 Å². The van der Waals surface area contributed by atoms with Gasteiger partial charge in [0.15, 0.2) is 11.5 Å². The van der Waals surface area contributed by atoms with Crippen molar-refractivity contribution in [2.75, 3.05) is 0 Å². The summed E-state index contributed by atoms with van der Waals surface area (Å²) in [7, 11) is 0. The van der Waals surface area contributed by atoms with Crippen LogP contribution >= 0.6 is 0 Å². The number of hydrogen-bond donors (Lipinski definition) is 1. The third-order valence-corrected chi connectivity index (χ3v) is 5.50. The fourth-order valence-corrected chi connectivity index (χ4v) is 3.69. The van der Waals surface area contributed by atoms with E-state index in [4.69, 9.17) is 0 Å². The summed E-state index contributed by atoms with van der Waals surface area (Å²) in [5, 5.41) is 15.9. The molecular formula is C21H27N7O. The van der Waals surface area contributed by atoms with Crippen LogP contribution in [0.15, 0.2) is 24.3 Å². The number of carbonyl (C=O) groups excluding carboxylic acids is 1. The van der Waals surface area contributed by atoms with Crippen LogP contribution in [-0.2, 0) is 25.9 Å².